The van der Waals surface area contributed by atoms with Crippen LogP contribution >= 0.6 is 24.0 Å². The van der Waals surface area contributed by atoms with E-state index in [0.717, 1.165) is 77.3 Å². The topological polar surface area (TPSA) is 72.0 Å². The third-order valence-corrected chi connectivity index (χ3v) is 3.34. The van der Waals surface area contributed by atoms with E-state index in [4.69, 9.17) is 4.74 Å². The Morgan fingerprint density at radius 1 is 1.00 bits per heavy atom. The molecule has 0 saturated carbocycles. The van der Waals surface area contributed by atoms with Gasteiger partial charge in [-0.3, -0.25) is 9.79 Å². The second kappa shape index (κ2) is 20.5. The number of hydrogen-bond donors (Lipinski definition) is 2. The lowest BCUT2D eigenvalue weighted by molar-refractivity contribution is -0.140. The van der Waals surface area contributed by atoms with Gasteiger partial charge in [0.1, 0.15) is 0 Å². The van der Waals surface area contributed by atoms with Gasteiger partial charge >= 0.3 is 5.97 Å². The summed E-state index contributed by atoms with van der Waals surface area (Å²) < 4.78 is 9.94. The van der Waals surface area contributed by atoms with Gasteiger partial charge in [-0.1, -0.05) is 12.8 Å². The molecule has 6 nitrogen and oxygen atoms in total. The van der Waals surface area contributed by atoms with Crippen molar-refractivity contribution in [2.24, 2.45) is 4.99 Å². The van der Waals surface area contributed by atoms with Crippen molar-refractivity contribution >= 4 is 35.9 Å². The van der Waals surface area contributed by atoms with Gasteiger partial charge in [-0.25, -0.2) is 0 Å². The number of halogens is 1. The average molecular weight is 457 g/mol. The summed E-state index contributed by atoms with van der Waals surface area (Å²) in [5, 5.41) is 6.60. The minimum Gasteiger partial charge on any atom is -0.469 e. The van der Waals surface area contributed by atoms with Crippen molar-refractivity contribution in [2.75, 3.05) is 40.0 Å². The fraction of sp³-hybridized carbons (Fsp3) is 0.882. The maximum Gasteiger partial charge on any atom is 0.305 e. The highest BCUT2D eigenvalue weighted by molar-refractivity contribution is 14.0. The van der Waals surface area contributed by atoms with Crippen LogP contribution in [-0.4, -0.2) is 51.9 Å². The number of unbranched alkanes of at least 4 members (excludes halogenated alkanes) is 4. The van der Waals surface area contributed by atoms with Crippen molar-refractivity contribution in [3.8, 4) is 0 Å². The number of methoxy groups -OCH3 is 1. The van der Waals surface area contributed by atoms with Gasteiger partial charge in [0.05, 0.1) is 7.11 Å². The summed E-state index contributed by atoms with van der Waals surface area (Å²) in [4.78, 5) is 15.5. The quantitative estimate of drug-likeness (QED) is 0.138. The summed E-state index contributed by atoms with van der Waals surface area (Å²) in [5.41, 5.74) is 0. The molecule has 0 fully saturated rings. The van der Waals surface area contributed by atoms with E-state index in [9.17, 15) is 4.79 Å². The third-order valence-electron chi connectivity index (χ3n) is 3.34. The molecule has 0 rings (SSSR count). The minimum absolute atomic E-state index is 0. The van der Waals surface area contributed by atoms with E-state index in [-0.39, 0.29) is 29.9 Å². The molecule has 0 radical (unpaired) electrons. The maximum atomic E-state index is 11.0. The van der Waals surface area contributed by atoms with E-state index < -0.39 is 0 Å². The van der Waals surface area contributed by atoms with Crippen LogP contribution in [-0.2, 0) is 14.3 Å². The van der Waals surface area contributed by atoms with Gasteiger partial charge in [-0.05, 0) is 39.5 Å². The Morgan fingerprint density at radius 3 is 2.42 bits per heavy atom. The molecule has 0 aromatic heterocycles. The lowest BCUT2D eigenvalue weighted by atomic mass is 10.1. The van der Waals surface area contributed by atoms with Gasteiger partial charge in [-0.2, -0.15) is 0 Å². The molecule has 0 aromatic carbocycles. The SMILES string of the molecule is CCNC(=NCCCCCCC(=O)OC)NCCCCOCC.I. The van der Waals surface area contributed by atoms with Crippen LogP contribution in [0.3, 0.4) is 0 Å². The van der Waals surface area contributed by atoms with Gasteiger partial charge in [-0.15, -0.1) is 24.0 Å². The highest BCUT2D eigenvalue weighted by Gasteiger charge is 1.99. The number of nitrogens with zero attached hydrogens (tertiary/aromatic N) is 1. The molecule has 0 atom stereocenters. The predicted molar refractivity (Wildman–Crippen MR) is 110 cm³/mol. The molecule has 7 heteroatoms. The first-order chi connectivity index (χ1) is 11.2. The molecule has 0 bridgehead atoms. The first kappa shape index (κ1) is 25.7. The molecule has 0 aliphatic carbocycles. The number of ether oxygens (including phenoxy) is 2. The monoisotopic (exact) mass is 457 g/mol. The number of nitrogens with one attached hydrogen (secondary N) is 2. The number of aliphatic imine (C=N–C) groups is 1. The Balaban J connectivity index is 0. The van der Waals surface area contributed by atoms with Gasteiger partial charge in [0.25, 0.3) is 0 Å². The first-order valence-corrected chi connectivity index (χ1v) is 8.91. The van der Waals surface area contributed by atoms with Crippen LogP contribution in [0.25, 0.3) is 0 Å². The lowest BCUT2D eigenvalue weighted by Gasteiger charge is -2.11. The Hall–Kier alpha value is -0.570. The Bertz CT molecular complexity index is 315. The molecule has 0 saturated heterocycles. The molecule has 0 aliphatic rings. The molecule has 0 spiro atoms. The number of guanidine groups is 1. The van der Waals surface area contributed by atoms with E-state index in [1.807, 2.05) is 6.92 Å². The van der Waals surface area contributed by atoms with Gasteiger partial charge in [0.2, 0.25) is 0 Å². The number of rotatable bonds is 14. The van der Waals surface area contributed by atoms with Crippen LogP contribution in [0, 0.1) is 0 Å². The van der Waals surface area contributed by atoms with E-state index in [1.165, 1.54) is 7.11 Å². The summed E-state index contributed by atoms with van der Waals surface area (Å²) in [6.07, 6.45) is 6.75. The summed E-state index contributed by atoms with van der Waals surface area (Å²) in [6.45, 7) is 8.30. The molecular formula is C17H36IN3O3. The molecule has 2 N–H and O–H groups in total. The highest BCUT2D eigenvalue weighted by Crippen LogP contribution is 2.03. The highest BCUT2D eigenvalue weighted by atomic mass is 127. The van der Waals surface area contributed by atoms with Gasteiger partial charge in [0.15, 0.2) is 5.96 Å². The summed E-state index contributed by atoms with van der Waals surface area (Å²) in [7, 11) is 1.43. The lowest BCUT2D eigenvalue weighted by Crippen LogP contribution is -2.37. The second-order valence-corrected chi connectivity index (χ2v) is 5.33. The van der Waals surface area contributed by atoms with Crippen molar-refractivity contribution in [1.82, 2.24) is 10.6 Å². The van der Waals surface area contributed by atoms with E-state index in [2.05, 4.69) is 27.3 Å². The number of hydrogen-bond acceptors (Lipinski definition) is 4. The molecule has 144 valence electrons. The van der Waals surface area contributed by atoms with Crippen molar-refractivity contribution < 1.29 is 14.3 Å². The van der Waals surface area contributed by atoms with Gasteiger partial charge < -0.3 is 20.1 Å². The first-order valence-electron chi connectivity index (χ1n) is 8.91. The van der Waals surface area contributed by atoms with Crippen molar-refractivity contribution in [1.29, 1.82) is 0 Å². The fourth-order valence-corrected chi connectivity index (χ4v) is 2.05. The van der Waals surface area contributed by atoms with Crippen LogP contribution < -0.4 is 10.6 Å². The molecule has 0 aliphatic heterocycles. The normalized spacial score (nSPS) is 10.9. The zero-order chi connectivity index (χ0) is 17.2. The maximum absolute atomic E-state index is 11.0. The number of esters is 1. The predicted octanol–water partition coefficient (Wildman–Crippen LogP) is 3.10. The smallest absolute Gasteiger partial charge is 0.305 e. The molecule has 24 heavy (non-hydrogen) atoms. The van der Waals surface area contributed by atoms with Crippen LogP contribution in [0.5, 0.6) is 0 Å². The minimum atomic E-state index is -0.119. The summed E-state index contributed by atoms with van der Waals surface area (Å²) >= 11 is 0. The summed E-state index contributed by atoms with van der Waals surface area (Å²) in [5.74, 6) is 0.768. The van der Waals surface area contributed by atoms with E-state index >= 15 is 0 Å². The summed E-state index contributed by atoms with van der Waals surface area (Å²) in [6, 6.07) is 0. The Kier molecular flexibility index (Phi) is 21.9. The number of carbonyl (C=O) groups excluding carboxylic acids is 1. The van der Waals surface area contributed by atoms with Crippen LogP contribution in [0.15, 0.2) is 4.99 Å². The zero-order valence-electron chi connectivity index (χ0n) is 15.6. The van der Waals surface area contributed by atoms with Crippen molar-refractivity contribution in [2.45, 2.75) is 58.8 Å². The van der Waals surface area contributed by atoms with Crippen molar-refractivity contribution in [3.05, 3.63) is 0 Å². The third kappa shape index (κ3) is 17.8. The average Bonchev–Trinajstić information content (AvgIpc) is 2.56. The number of carbonyl (C=O) groups is 1. The standard InChI is InChI=1S/C17H35N3O3.HI/c1-4-18-17(20-14-10-11-15-23-5-2)19-13-9-7-6-8-12-16(21)22-3;/h4-15H2,1-3H3,(H2,18,19,20);1H. The van der Waals surface area contributed by atoms with Gasteiger partial charge in [0, 0.05) is 39.3 Å². The molecule has 0 amide bonds. The second-order valence-electron chi connectivity index (χ2n) is 5.33. The van der Waals surface area contributed by atoms with E-state index in [0.29, 0.717) is 6.42 Å². The Morgan fingerprint density at radius 2 is 1.75 bits per heavy atom. The molecule has 0 unspecified atom stereocenters. The largest absolute Gasteiger partial charge is 0.469 e. The van der Waals surface area contributed by atoms with Crippen LogP contribution in [0.2, 0.25) is 0 Å². The molecule has 0 aromatic rings. The Labute approximate surface area is 164 Å². The zero-order valence-corrected chi connectivity index (χ0v) is 17.9. The van der Waals surface area contributed by atoms with Crippen LogP contribution in [0.4, 0.5) is 0 Å². The molecular weight excluding hydrogens is 421 g/mol. The molecule has 0 heterocycles. The van der Waals surface area contributed by atoms with Crippen LogP contribution in [0.1, 0.15) is 58.8 Å². The van der Waals surface area contributed by atoms with Crippen molar-refractivity contribution in [3.63, 3.8) is 0 Å². The van der Waals surface area contributed by atoms with E-state index in [1.54, 1.807) is 0 Å². The fourth-order valence-electron chi connectivity index (χ4n) is 2.05.